The van der Waals surface area contributed by atoms with E-state index in [2.05, 4.69) is 31.3 Å². The van der Waals surface area contributed by atoms with Crippen molar-refractivity contribution in [3.05, 3.63) is 70.4 Å². The molecule has 2 aliphatic heterocycles. The van der Waals surface area contributed by atoms with Crippen LogP contribution >= 0.6 is 0 Å². The molecular weight excluding hydrogens is 535 g/mol. The highest BCUT2D eigenvalue weighted by atomic mass is 19.4. The first-order valence-corrected chi connectivity index (χ1v) is 13.3. The SMILES string of the molecule is Cc1ncc(C(=O)Nc2cc(N3CC[C@@H](N(C)C)C3)c(C)c(C(F)(F)F)c2)cc1N1C=C(c2cnn(C)c2C)NN1. The van der Waals surface area contributed by atoms with Crippen molar-refractivity contribution in [2.45, 2.75) is 39.4 Å². The van der Waals surface area contributed by atoms with Gasteiger partial charge in [0.15, 0.2) is 0 Å². The summed E-state index contributed by atoms with van der Waals surface area (Å²) in [6.07, 6.45) is 1.27. The van der Waals surface area contributed by atoms with E-state index in [9.17, 15) is 18.0 Å². The summed E-state index contributed by atoms with van der Waals surface area (Å²) in [5.74, 6) is -0.561. The number of benzene rings is 1. The number of amides is 1. The van der Waals surface area contributed by atoms with Gasteiger partial charge in [-0.25, -0.2) is 0 Å². The zero-order valence-electron chi connectivity index (χ0n) is 23.9. The number of carbonyl (C=O) groups excluding carboxylic acids is 1. The van der Waals surface area contributed by atoms with Crippen LogP contribution in [0.1, 0.15) is 44.9 Å². The third kappa shape index (κ3) is 5.59. The number of hydrogen-bond donors (Lipinski definition) is 3. The fourth-order valence-corrected chi connectivity index (χ4v) is 5.21. The number of rotatable bonds is 6. The molecule has 41 heavy (non-hydrogen) atoms. The lowest BCUT2D eigenvalue weighted by molar-refractivity contribution is -0.138. The molecule has 3 aromatic rings. The third-order valence-corrected chi connectivity index (χ3v) is 7.85. The molecule has 5 rings (SSSR count). The normalized spacial score (nSPS) is 17.3. The number of hydrazine groups is 2. The van der Waals surface area contributed by atoms with Crippen LogP contribution in [-0.2, 0) is 13.2 Å². The Morgan fingerprint density at radius 3 is 2.51 bits per heavy atom. The summed E-state index contributed by atoms with van der Waals surface area (Å²) in [6, 6.07) is 4.50. The van der Waals surface area contributed by atoms with Crippen molar-refractivity contribution in [3.63, 3.8) is 0 Å². The number of nitrogens with one attached hydrogen (secondary N) is 3. The summed E-state index contributed by atoms with van der Waals surface area (Å²) < 4.78 is 43.9. The minimum atomic E-state index is -4.57. The van der Waals surface area contributed by atoms with Crippen LogP contribution in [0.3, 0.4) is 0 Å². The van der Waals surface area contributed by atoms with Crippen molar-refractivity contribution in [2.24, 2.45) is 7.05 Å². The van der Waals surface area contributed by atoms with Gasteiger partial charge in [0.25, 0.3) is 5.91 Å². The minimum absolute atomic E-state index is 0.0774. The molecule has 13 heteroatoms. The fourth-order valence-electron chi connectivity index (χ4n) is 5.21. The van der Waals surface area contributed by atoms with E-state index >= 15 is 0 Å². The van der Waals surface area contributed by atoms with E-state index in [0.29, 0.717) is 30.2 Å². The minimum Gasteiger partial charge on any atom is -0.370 e. The number of aromatic nitrogens is 3. The average Bonchev–Trinajstić information content (AvgIpc) is 3.66. The summed E-state index contributed by atoms with van der Waals surface area (Å²) in [7, 11) is 5.79. The van der Waals surface area contributed by atoms with Crippen molar-refractivity contribution in [1.82, 2.24) is 30.6 Å². The lowest BCUT2D eigenvalue weighted by Crippen LogP contribution is -2.36. The van der Waals surface area contributed by atoms with Gasteiger partial charge in [-0.3, -0.25) is 19.5 Å². The number of alkyl halides is 3. The number of pyridine rings is 1. The molecule has 1 fully saturated rings. The highest BCUT2D eigenvalue weighted by Gasteiger charge is 2.36. The fraction of sp³-hybridized carbons (Fsp3) is 0.393. The predicted octanol–water partition coefficient (Wildman–Crippen LogP) is 3.98. The molecule has 1 amide bonds. The lowest BCUT2D eigenvalue weighted by Gasteiger charge is -2.26. The van der Waals surface area contributed by atoms with Gasteiger partial charge >= 0.3 is 6.18 Å². The van der Waals surface area contributed by atoms with Crippen LogP contribution < -0.4 is 26.2 Å². The van der Waals surface area contributed by atoms with Crippen molar-refractivity contribution in [2.75, 3.05) is 42.4 Å². The molecule has 0 bridgehead atoms. The summed E-state index contributed by atoms with van der Waals surface area (Å²) >= 11 is 0. The molecule has 0 spiro atoms. The number of carbonyl (C=O) groups is 1. The number of anilines is 3. The number of halogens is 3. The summed E-state index contributed by atoms with van der Waals surface area (Å²) in [4.78, 5) is 21.7. The summed E-state index contributed by atoms with van der Waals surface area (Å²) in [5, 5.41) is 8.65. The van der Waals surface area contributed by atoms with E-state index in [1.807, 2.05) is 39.2 Å². The van der Waals surface area contributed by atoms with E-state index in [0.717, 1.165) is 29.4 Å². The lowest BCUT2D eigenvalue weighted by atomic mass is 10.0. The van der Waals surface area contributed by atoms with Crippen molar-refractivity contribution in [1.29, 1.82) is 0 Å². The maximum Gasteiger partial charge on any atom is 0.416 e. The Labute approximate surface area is 236 Å². The zero-order chi connectivity index (χ0) is 29.6. The third-order valence-electron chi connectivity index (χ3n) is 7.85. The molecule has 218 valence electrons. The maximum absolute atomic E-state index is 14.0. The molecule has 2 aromatic heterocycles. The number of hydrogen-bond acceptors (Lipinski definition) is 8. The molecule has 2 aliphatic rings. The Bertz CT molecular complexity index is 1510. The van der Waals surface area contributed by atoms with Gasteiger partial charge in [-0.1, -0.05) is 0 Å². The van der Waals surface area contributed by atoms with Gasteiger partial charge in [-0.2, -0.15) is 18.3 Å². The van der Waals surface area contributed by atoms with Crippen LogP contribution in [0, 0.1) is 20.8 Å². The molecular formula is C28H34F3N9O. The first-order valence-electron chi connectivity index (χ1n) is 13.3. The molecule has 1 aromatic carbocycles. The molecule has 0 saturated carbocycles. The molecule has 0 radical (unpaired) electrons. The molecule has 0 unspecified atom stereocenters. The Morgan fingerprint density at radius 1 is 1.12 bits per heavy atom. The van der Waals surface area contributed by atoms with Crippen molar-refractivity contribution >= 4 is 28.7 Å². The molecule has 3 N–H and O–H groups in total. The van der Waals surface area contributed by atoms with Crippen LogP contribution in [0.25, 0.3) is 5.70 Å². The first-order chi connectivity index (χ1) is 19.3. The summed E-state index contributed by atoms with van der Waals surface area (Å²) in [6.45, 7) is 6.48. The maximum atomic E-state index is 14.0. The first kappa shape index (κ1) is 28.4. The number of nitrogens with zero attached hydrogens (tertiary/aromatic N) is 6. The van der Waals surface area contributed by atoms with Crippen LogP contribution in [0.4, 0.5) is 30.2 Å². The average molecular weight is 570 g/mol. The van der Waals surface area contributed by atoms with Gasteiger partial charge in [-0.15, -0.1) is 5.53 Å². The van der Waals surface area contributed by atoms with Gasteiger partial charge in [-0.05, 0) is 65.0 Å². The van der Waals surface area contributed by atoms with Crippen LogP contribution in [0.2, 0.25) is 0 Å². The highest BCUT2D eigenvalue weighted by molar-refractivity contribution is 6.05. The second kappa shape index (κ2) is 10.7. The molecule has 10 nitrogen and oxygen atoms in total. The number of likely N-dealkylation sites (N-methyl/N-ethyl adjacent to an activating group) is 1. The van der Waals surface area contributed by atoms with E-state index in [4.69, 9.17) is 0 Å². The largest absolute Gasteiger partial charge is 0.416 e. The molecule has 4 heterocycles. The van der Waals surface area contributed by atoms with Gasteiger partial charge in [0, 0.05) is 61.2 Å². The Kier molecular flexibility index (Phi) is 7.43. The van der Waals surface area contributed by atoms with Crippen molar-refractivity contribution < 1.29 is 18.0 Å². The molecule has 1 saturated heterocycles. The molecule has 1 atom stereocenters. The second-order valence-electron chi connectivity index (χ2n) is 10.7. The van der Waals surface area contributed by atoms with Gasteiger partial charge in [0.2, 0.25) is 0 Å². The molecule has 0 aliphatic carbocycles. The van der Waals surface area contributed by atoms with E-state index < -0.39 is 17.6 Å². The topological polar surface area (TPSA) is 93.6 Å². The predicted molar refractivity (Wildman–Crippen MR) is 152 cm³/mol. The highest BCUT2D eigenvalue weighted by Crippen LogP contribution is 2.39. The van der Waals surface area contributed by atoms with Gasteiger partial charge in [0.05, 0.1) is 34.4 Å². The monoisotopic (exact) mass is 569 g/mol. The number of aryl methyl sites for hydroxylation is 2. The van der Waals surface area contributed by atoms with Gasteiger partial charge in [0.1, 0.15) is 0 Å². The Morgan fingerprint density at radius 2 is 1.88 bits per heavy atom. The Balaban J connectivity index is 1.42. The van der Waals surface area contributed by atoms with E-state index in [1.54, 1.807) is 34.9 Å². The van der Waals surface area contributed by atoms with Crippen LogP contribution in [0.5, 0.6) is 0 Å². The Hall–Kier alpha value is -4.10. The standard InChI is InChI=1S/C28H34F3N9O/c1-16-23(28(29,30)31)10-20(11-25(16)39-8-7-21(14-39)37(4)5)34-27(41)19-9-26(17(2)32-12-19)40-15-24(35-36-40)22-13-33-38(6)18(22)3/h9-13,15,21,35-36H,7-8,14H2,1-6H3,(H,34,41)/t21-/m1/s1. The van der Waals surface area contributed by atoms with E-state index in [1.165, 1.54) is 13.1 Å². The van der Waals surface area contributed by atoms with Gasteiger partial charge < -0.3 is 20.5 Å². The van der Waals surface area contributed by atoms with Crippen LogP contribution in [0.15, 0.2) is 36.8 Å². The quantitative estimate of drug-likeness (QED) is 0.411. The van der Waals surface area contributed by atoms with Crippen LogP contribution in [-0.4, -0.2) is 58.8 Å². The zero-order valence-corrected chi connectivity index (χ0v) is 23.9. The summed E-state index contributed by atoms with van der Waals surface area (Å²) in [5.41, 5.74) is 10.2. The van der Waals surface area contributed by atoms with Crippen molar-refractivity contribution in [3.8, 4) is 0 Å². The van der Waals surface area contributed by atoms with E-state index in [-0.39, 0.29) is 22.9 Å². The smallest absolute Gasteiger partial charge is 0.370 e. The second-order valence-corrected chi connectivity index (χ2v) is 10.7.